The summed E-state index contributed by atoms with van der Waals surface area (Å²) < 4.78 is 46.7. The van der Waals surface area contributed by atoms with Gasteiger partial charge < -0.3 is 4.74 Å². The smallest absolute Gasteiger partial charge is 0.341 e. The van der Waals surface area contributed by atoms with Gasteiger partial charge in [-0.05, 0) is 36.5 Å². The minimum atomic E-state index is -1.70. The van der Waals surface area contributed by atoms with Crippen molar-refractivity contribution >= 4 is 11.9 Å². The van der Waals surface area contributed by atoms with E-state index in [1.54, 1.807) is 0 Å². The molecule has 0 spiro atoms. The lowest BCUT2D eigenvalue weighted by Crippen LogP contribution is -2.23. The summed E-state index contributed by atoms with van der Waals surface area (Å²) in [5.41, 5.74) is 4.84. The minimum Gasteiger partial charge on any atom is -0.462 e. The second kappa shape index (κ2) is 5.69. The Labute approximate surface area is 122 Å². The van der Waals surface area contributed by atoms with Crippen LogP contribution in [-0.4, -0.2) is 18.5 Å². The predicted octanol–water partition coefficient (Wildman–Crippen LogP) is 3.15. The van der Waals surface area contributed by atoms with Crippen LogP contribution >= 0.6 is 0 Å². The van der Waals surface area contributed by atoms with Crippen molar-refractivity contribution in [2.45, 2.75) is 25.2 Å². The fraction of sp³-hybridized carbons (Fsp3) is 0.385. The van der Waals surface area contributed by atoms with Crippen molar-refractivity contribution in [3.05, 3.63) is 45.1 Å². The highest BCUT2D eigenvalue weighted by Gasteiger charge is 2.54. The fourth-order valence-corrected chi connectivity index (χ4v) is 2.22. The maximum Gasteiger partial charge on any atom is 0.341 e. The van der Waals surface area contributed by atoms with E-state index in [9.17, 15) is 22.8 Å². The van der Waals surface area contributed by atoms with Crippen LogP contribution in [0.15, 0.2) is 11.2 Å². The Bertz CT molecular complexity index is 710. The fourth-order valence-electron chi connectivity index (χ4n) is 2.22. The van der Waals surface area contributed by atoms with E-state index in [1.807, 2.05) is 0 Å². The molecule has 9 heteroatoms. The van der Waals surface area contributed by atoms with Crippen LogP contribution in [0, 0.1) is 17.5 Å². The van der Waals surface area contributed by atoms with Gasteiger partial charge in [0.25, 0.3) is 0 Å². The quantitative estimate of drug-likeness (QED) is 0.281. The number of nitrogens with zero attached hydrogens (tertiary/aromatic N) is 3. The highest BCUT2D eigenvalue weighted by Crippen LogP contribution is 2.51. The second-order valence-corrected chi connectivity index (χ2v) is 4.71. The third kappa shape index (κ3) is 2.39. The van der Waals surface area contributed by atoms with Crippen LogP contribution < -0.4 is 0 Å². The number of esters is 1. The van der Waals surface area contributed by atoms with Crippen molar-refractivity contribution < 1.29 is 27.5 Å². The summed E-state index contributed by atoms with van der Waals surface area (Å²) >= 11 is 0. The topological polar surface area (TPSA) is 92.1 Å². The molecule has 0 saturated heterocycles. The number of azide groups is 1. The standard InChI is InChI=1S/C13H10F3N3O3/c1-2-22-11(20)6-5-7(14)8(10(16)9(6)15)13(3-4-13)12(21)18-19-17/h5H,2-4H2,1H3. The van der Waals surface area contributed by atoms with Gasteiger partial charge in [0.05, 0.1) is 12.0 Å². The van der Waals surface area contributed by atoms with Gasteiger partial charge >= 0.3 is 5.97 Å². The van der Waals surface area contributed by atoms with Gasteiger partial charge in [-0.2, -0.15) is 0 Å². The minimum absolute atomic E-state index is 0.0247. The molecule has 0 heterocycles. The van der Waals surface area contributed by atoms with Crippen LogP contribution in [0.3, 0.4) is 0 Å². The summed E-state index contributed by atoms with van der Waals surface area (Å²) in [6, 6.07) is 0.481. The summed E-state index contributed by atoms with van der Waals surface area (Å²) in [5, 5.41) is 2.83. The third-order valence-electron chi connectivity index (χ3n) is 3.43. The molecule has 0 unspecified atom stereocenters. The van der Waals surface area contributed by atoms with E-state index in [0.717, 1.165) is 0 Å². The summed E-state index contributed by atoms with van der Waals surface area (Å²) in [4.78, 5) is 25.4. The Morgan fingerprint density at radius 2 is 2.00 bits per heavy atom. The lowest BCUT2D eigenvalue weighted by atomic mass is 9.92. The molecule has 0 bridgehead atoms. The first-order valence-electron chi connectivity index (χ1n) is 6.33. The van der Waals surface area contributed by atoms with E-state index >= 15 is 0 Å². The number of benzene rings is 1. The predicted molar refractivity (Wildman–Crippen MR) is 67.3 cm³/mol. The number of hydrogen-bond donors (Lipinski definition) is 0. The Balaban J connectivity index is 2.56. The molecule has 1 fully saturated rings. The van der Waals surface area contributed by atoms with Gasteiger partial charge in [0.2, 0.25) is 5.91 Å². The normalized spacial score (nSPS) is 14.9. The molecule has 1 aliphatic rings. The van der Waals surface area contributed by atoms with Crippen molar-refractivity contribution in [3.8, 4) is 0 Å². The van der Waals surface area contributed by atoms with Crippen LogP contribution in [0.5, 0.6) is 0 Å². The van der Waals surface area contributed by atoms with E-state index < -0.39 is 45.9 Å². The lowest BCUT2D eigenvalue weighted by molar-refractivity contribution is -0.120. The summed E-state index contributed by atoms with van der Waals surface area (Å²) in [5.74, 6) is -6.82. The molecule has 22 heavy (non-hydrogen) atoms. The zero-order chi connectivity index (χ0) is 16.5. The van der Waals surface area contributed by atoms with Crippen molar-refractivity contribution in [2.24, 2.45) is 5.11 Å². The molecule has 2 rings (SSSR count). The van der Waals surface area contributed by atoms with Gasteiger partial charge in [-0.15, -0.1) is 0 Å². The first-order valence-corrected chi connectivity index (χ1v) is 6.33. The number of ether oxygens (including phenoxy) is 1. The molecule has 6 nitrogen and oxygen atoms in total. The number of amides is 1. The summed E-state index contributed by atoms with van der Waals surface area (Å²) in [7, 11) is 0. The van der Waals surface area contributed by atoms with Crippen LogP contribution in [0.25, 0.3) is 10.4 Å². The Morgan fingerprint density at radius 1 is 1.36 bits per heavy atom. The zero-order valence-corrected chi connectivity index (χ0v) is 11.4. The molecule has 1 aliphatic carbocycles. The molecule has 1 aromatic rings. The monoisotopic (exact) mass is 313 g/mol. The molecule has 1 aromatic carbocycles. The highest BCUT2D eigenvalue weighted by atomic mass is 19.2. The average Bonchev–Trinajstić information content (AvgIpc) is 3.25. The number of carbonyl (C=O) groups is 2. The maximum atomic E-state index is 14.2. The summed E-state index contributed by atoms with van der Waals surface area (Å²) in [6.45, 7) is 1.36. The Kier molecular flexibility index (Phi) is 4.09. The first kappa shape index (κ1) is 15.8. The SMILES string of the molecule is CCOC(=O)c1cc(F)c(C2(C(=O)N=[N+]=[N-])CC2)c(F)c1F. The molecule has 0 radical (unpaired) electrons. The Morgan fingerprint density at radius 3 is 2.50 bits per heavy atom. The first-order chi connectivity index (χ1) is 10.4. The van der Waals surface area contributed by atoms with Crippen molar-refractivity contribution in [2.75, 3.05) is 6.61 Å². The molecule has 0 atom stereocenters. The highest BCUT2D eigenvalue weighted by molar-refractivity contribution is 5.93. The molecule has 116 valence electrons. The third-order valence-corrected chi connectivity index (χ3v) is 3.43. The van der Waals surface area contributed by atoms with E-state index in [4.69, 9.17) is 5.53 Å². The van der Waals surface area contributed by atoms with Gasteiger partial charge in [0.1, 0.15) is 11.4 Å². The molecule has 0 aromatic heterocycles. The average molecular weight is 313 g/mol. The number of rotatable bonds is 4. The van der Waals surface area contributed by atoms with Crippen LogP contribution in [0.2, 0.25) is 0 Å². The number of carbonyl (C=O) groups excluding carboxylic acids is 2. The van der Waals surface area contributed by atoms with Gasteiger partial charge in [0.15, 0.2) is 11.6 Å². The van der Waals surface area contributed by atoms with Gasteiger partial charge in [-0.1, -0.05) is 0 Å². The van der Waals surface area contributed by atoms with E-state index in [0.29, 0.717) is 6.07 Å². The van der Waals surface area contributed by atoms with Gasteiger partial charge in [-0.25, -0.2) is 18.0 Å². The lowest BCUT2D eigenvalue weighted by Gasteiger charge is -2.15. The largest absolute Gasteiger partial charge is 0.462 e. The van der Waals surface area contributed by atoms with E-state index in [-0.39, 0.29) is 19.4 Å². The zero-order valence-electron chi connectivity index (χ0n) is 11.4. The molecule has 0 aliphatic heterocycles. The number of hydrogen-bond acceptors (Lipinski definition) is 3. The molecule has 0 N–H and O–H groups in total. The molecule has 1 amide bonds. The van der Waals surface area contributed by atoms with Gasteiger partial charge in [0, 0.05) is 10.5 Å². The molecule has 1 saturated carbocycles. The molecular weight excluding hydrogens is 303 g/mol. The van der Waals surface area contributed by atoms with Crippen LogP contribution in [0.4, 0.5) is 13.2 Å². The van der Waals surface area contributed by atoms with Crippen LogP contribution in [0.1, 0.15) is 35.7 Å². The van der Waals surface area contributed by atoms with Crippen molar-refractivity contribution in [1.82, 2.24) is 0 Å². The van der Waals surface area contributed by atoms with E-state index in [2.05, 4.69) is 14.8 Å². The molecular formula is C13H10F3N3O3. The number of halogens is 3. The summed E-state index contributed by atoms with van der Waals surface area (Å²) in [6.07, 6.45) is 0.0494. The second-order valence-electron chi connectivity index (χ2n) is 4.71. The van der Waals surface area contributed by atoms with E-state index in [1.165, 1.54) is 6.92 Å². The van der Waals surface area contributed by atoms with Crippen molar-refractivity contribution in [3.63, 3.8) is 0 Å². The Hall–Kier alpha value is -2.54. The van der Waals surface area contributed by atoms with Crippen LogP contribution in [-0.2, 0) is 14.9 Å². The van der Waals surface area contributed by atoms with Gasteiger partial charge in [-0.3, -0.25) is 4.79 Å². The van der Waals surface area contributed by atoms with Crippen molar-refractivity contribution in [1.29, 1.82) is 0 Å². The maximum absolute atomic E-state index is 14.2.